The van der Waals surface area contributed by atoms with Crippen molar-refractivity contribution in [3.8, 4) is 0 Å². The number of carbonyl (C=O) groups excluding carboxylic acids is 1. The molecule has 3 nitrogen and oxygen atoms in total. The minimum atomic E-state index is 0.271. The average Bonchev–Trinajstić information content (AvgIpc) is 3.02. The fourth-order valence-corrected chi connectivity index (χ4v) is 2.15. The van der Waals surface area contributed by atoms with E-state index in [9.17, 15) is 4.79 Å². The van der Waals surface area contributed by atoms with E-state index in [0.717, 1.165) is 32.6 Å². The van der Waals surface area contributed by atoms with Crippen molar-refractivity contribution in [2.45, 2.75) is 26.2 Å². The van der Waals surface area contributed by atoms with Crippen LogP contribution in [-0.4, -0.2) is 37.0 Å². The second kappa shape index (κ2) is 4.30. The van der Waals surface area contributed by atoms with Gasteiger partial charge in [0.05, 0.1) is 0 Å². The quantitative estimate of drug-likeness (QED) is 0.710. The van der Waals surface area contributed by atoms with Crippen LogP contribution in [0.15, 0.2) is 0 Å². The van der Waals surface area contributed by atoms with Crippen LogP contribution < -0.4 is 5.32 Å². The molecule has 0 aromatic rings. The summed E-state index contributed by atoms with van der Waals surface area (Å²) >= 11 is 0. The van der Waals surface area contributed by atoms with Gasteiger partial charge in [-0.25, -0.2) is 0 Å². The van der Waals surface area contributed by atoms with Crippen LogP contribution in [0.3, 0.4) is 0 Å². The van der Waals surface area contributed by atoms with Gasteiger partial charge in [-0.2, -0.15) is 0 Å². The van der Waals surface area contributed by atoms with Gasteiger partial charge in [0.2, 0.25) is 5.91 Å². The smallest absolute Gasteiger partial charge is 0.225 e. The molecule has 1 saturated carbocycles. The predicted molar refractivity (Wildman–Crippen MR) is 56.0 cm³/mol. The first kappa shape index (κ1) is 9.97. The monoisotopic (exact) mass is 196 g/mol. The maximum atomic E-state index is 12.0. The fourth-order valence-electron chi connectivity index (χ4n) is 2.15. The normalized spacial score (nSPS) is 25.6. The van der Waals surface area contributed by atoms with Gasteiger partial charge in [-0.1, -0.05) is 6.92 Å². The van der Waals surface area contributed by atoms with Gasteiger partial charge in [-0.15, -0.1) is 0 Å². The zero-order chi connectivity index (χ0) is 9.97. The third kappa shape index (κ3) is 2.27. The Morgan fingerprint density at radius 2 is 2.14 bits per heavy atom. The summed E-state index contributed by atoms with van der Waals surface area (Å²) < 4.78 is 0. The maximum absolute atomic E-state index is 12.0. The number of amides is 1. The molecule has 1 aliphatic heterocycles. The Bertz CT molecular complexity index is 205. The second-order valence-corrected chi connectivity index (χ2v) is 4.55. The molecule has 0 spiro atoms. The molecule has 1 N–H and O–H groups in total. The molecule has 0 radical (unpaired) electrons. The predicted octanol–water partition coefficient (Wildman–Crippen LogP) is 0.854. The van der Waals surface area contributed by atoms with Gasteiger partial charge in [0, 0.05) is 25.6 Å². The van der Waals surface area contributed by atoms with Crippen LogP contribution >= 0.6 is 0 Å². The van der Waals surface area contributed by atoms with Crippen LogP contribution in [0.1, 0.15) is 26.2 Å². The van der Waals surface area contributed by atoms with E-state index in [1.807, 2.05) is 4.90 Å². The highest BCUT2D eigenvalue weighted by Gasteiger charge is 2.34. The third-order valence-electron chi connectivity index (χ3n) is 3.37. The van der Waals surface area contributed by atoms with Crippen molar-refractivity contribution < 1.29 is 4.79 Å². The first-order chi connectivity index (χ1) is 6.79. The van der Waals surface area contributed by atoms with Gasteiger partial charge in [-0.05, 0) is 31.7 Å². The van der Waals surface area contributed by atoms with Crippen LogP contribution in [0.5, 0.6) is 0 Å². The highest BCUT2D eigenvalue weighted by Crippen LogP contribution is 2.37. The molecule has 1 heterocycles. The van der Waals surface area contributed by atoms with E-state index in [4.69, 9.17) is 0 Å². The number of carbonyl (C=O) groups is 1. The molecule has 1 unspecified atom stereocenters. The van der Waals surface area contributed by atoms with Crippen molar-refractivity contribution in [3.63, 3.8) is 0 Å². The summed E-state index contributed by atoms with van der Waals surface area (Å²) in [5, 5.41) is 3.32. The number of rotatable bonds is 2. The number of hydrogen-bond donors (Lipinski definition) is 1. The minimum Gasteiger partial charge on any atom is -0.341 e. The summed E-state index contributed by atoms with van der Waals surface area (Å²) in [5.41, 5.74) is 0. The summed E-state index contributed by atoms with van der Waals surface area (Å²) in [5.74, 6) is 1.35. The van der Waals surface area contributed by atoms with Crippen LogP contribution in [-0.2, 0) is 4.79 Å². The van der Waals surface area contributed by atoms with Crippen LogP contribution in [0.25, 0.3) is 0 Å². The number of hydrogen-bond acceptors (Lipinski definition) is 2. The van der Waals surface area contributed by atoms with Crippen LogP contribution in [0, 0.1) is 11.8 Å². The molecule has 1 saturated heterocycles. The molecule has 14 heavy (non-hydrogen) atoms. The molecule has 80 valence electrons. The van der Waals surface area contributed by atoms with E-state index in [2.05, 4.69) is 12.2 Å². The van der Waals surface area contributed by atoms with Crippen molar-refractivity contribution in [3.05, 3.63) is 0 Å². The van der Waals surface area contributed by atoms with Gasteiger partial charge >= 0.3 is 0 Å². The summed E-state index contributed by atoms with van der Waals surface area (Å²) in [6.45, 7) is 5.96. The Morgan fingerprint density at radius 3 is 2.86 bits per heavy atom. The summed E-state index contributed by atoms with van der Waals surface area (Å²) in [6, 6.07) is 0. The van der Waals surface area contributed by atoms with Crippen LogP contribution in [0.2, 0.25) is 0 Å². The number of nitrogens with one attached hydrogen (secondary N) is 1. The van der Waals surface area contributed by atoms with Gasteiger partial charge in [-0.3, -0.25) is 4.79 Å². The Balaban J connectivity index is 1.87. The minimum absolute atomic E-state index is 0.271. The van der Waals surface area contributed by atoms with E-state index in [0.29, 0.717) is 11.8 Å². The fraction of sp³-hybridized carbons (Fsp3) is 0.909. The Kier molecular flexibility index (Phi) is 3.06. The van der Waals surface area contributed by atoms with Crippen molar-refractivity contribution in [1.82, 2.24) is 10.2 Å². The highest BCUT2D eigenvalue weighted by molar-refractivity contribution is 5.79. The van der Waals surface area contributed by atoms with Crippen molar-refractivity contribution in [2.24, 2.45) is 11.8 Å². The Morgan fingerprint density at radius 1 is 1.36 bits per heavy atom. The summed E-state index contributed by atoms with van der Waals surface area (Å²) in [4.78, 5) is 14.1. The van der Waals surface area contributed by atoms with Crippen molar-refractivity contribution in [1.29, 1.82) is 0 Å². The molecule has 1 aliphatic carbocycles. The molecular formula is C11H20N2O. The molecule has 1 atom stereocenters. The summed E-state index contributed by atoms with van der Waals surface area (Å²) in [6.07, 6.45) is 3.63. The lowest BCUT2D eigenvalue weighted by molar-refractivity contribution is -0.135. The Labute approximate surface area is 85.8 Å². The lowest BCUT2D eigenvalue weighted by atomic mass is 10.0. The zero-order valence-electron chi connectivity index (χ0n) is 8.96. The molecule has 3 heteroatoms. The molecule has 1 amide bonds. The third-order valence-corrected chi connectivity index (χ3v) is 3.37. The van der Waals surface area contributed by atoms with E-state index < -0.39 is 0 Å². The van der Waals surface area contributed by atoms with Crippen LogP contribution in [0.4, 0.5) is 0 Å². The first-order valence-corrected chi connectivity index (χ1v) is 5.78. The lowest BCUT2D eigenvalue weighted by Gasteiger charge is -2.23. The standard InChI is InChI=1S/C11H20N2O/c1-9(10-3-4-10)11(14)13-7-2-5-12-6-8-13/h9-10,12H,2-8H2,1H3. The van der Waals surface area contributed by atoms with Crippen molar-refractivity contribution in [2.75, 3.05) is 26.2 Å². The molecule has 2 aliphatic rings. The largest absolute Gasteiger partial charge is 0.341 e. The topological polar surface area (TPSA) is 32.3 Å². The molecule has 2 rings (SSSR count). The SMILES string of the molecule is CC(C(=O)N1CCCNCC1)C1CC1. The first-order valence-electron chi connectivity index (χ1n) is 5.78. The van der Waals surface area contributed by atoms with Gasteiger partial charge in [0.1, 0.15) is 0 Å². The summed E-state index contributed by atoms with van der Waals surface area (Å²) in [7, 11) is 0. The molecule has 0 aromatic heterocycles. The molecule has 0 bridgehead atoms. The maximum Gasteiger partial charge on any atom is 0.225 e. The Hall–Kier alpha value is -0.570. The lowest BCUT2D eigenvalue weighted by Crippen LogP contribution is -2.38. The van der Waals surface area contributed by atoms with E-state index >= 15 is 0 Å². The zero-order valence-corrected chi connectivity index (χ0v) is 8.96. The van der Waals surface area contributed by atoms with E-state index in [-0.39, 0.29) is 5.92 Å². The van der Waals surface area contributed by atoms with Gasteiger partial charge in [0.25, 0.3) is 0 Å². The average molecular weight is 196 g/mol. The van der Waals surface area contributed by atoms with Gasteiger partial charge in [0.15, 0.2) is 0 Å². The molecule has 2 fully saturated rings. The second-order valence-electron chi connectivity index (χ2n) is 4.55. The molecule has 0 aromatic carbocycles. The highest BCUT2D eigenvalue weighted by atomic mass is 16.2. The van der Waals surface area contributed by atoms with Gasteiger partial charge < -0.3 is 10.2 Å². The molecular weight excluding hydrogens is 176 g/mol. The van der Waals surface area contributed by atoms with Crippen molar-refractivity contribution >= 4 is 5.91 Å². The number of nitrogens with zero attached hydrogens (tertiary/aromatic N) is 1. The van der Waals surface area contributed by atoms with E-state index in [1.165, 1.54) is 12.8 Å². The van der Waals surface area contributed by atoms with E-state index in [1.54, 1.807) is 0 Å².